The van der Waals surface area contributed by atoms with Crippen molar-refractivity contribution in [2.45, 2.75) is 30.7 Å². The number of anilines is 1. The van der Waals surface area contributed by atoms with E-state index >= 15 is 0 Å². The summed E-state index contributed by atoms with van der Waals surface area (Å²) in [4.78, 5) is 31.2. The summed E-state index contributed by atoms with van der Waals surface area (Å²) in [5, 5.41) is 7.42. The molecule has 2 aromatic rings. The van der Waals surface area contributed by atoms with E-state index in [9.17, 15) is 9.59 Å². The van der Waals surface area contributed by atoms with Crippen LogP contribution in [0.25, 0.3) is 0 Å². The van der Waals surface area contributed by atoms with E-state index in [2.05, 4.69) is 22.4 Å². The molecule has 1 aromatic heterocycles. The third-order valence-electron chi connectivity index (χ3n) is 6.98. The zero-order valence-electron chi connectivity index (χ0n) is 17.0. The van der Waals surface area contributed by atoms with Crippen molar-refractivity contribution in [3.05, 3.63) is 47.8 Å². The second-order valence-electron chi connectivity index (χ2n) is 8.68. The Kier molecular flexibility index (Phi) is 4.24. The highest BCUT2D eigenvalue weighted by atomic mass is 16.2. The van der Waals surface area contributed by atoms with Crippen molar-refractivity contribution in [1.82, 2.24) is 19.6 Å². The second-order valence-corrected chi connectivity index (χ2v) is 8.68. The van der Waals surface area contributed by atoms with Gasteiger partial charge >= 0.3 is 0 Å². The van der Waals surface area contributed by atoms with Crippen LogP contribution >= 0.6 is 0 Å². The Morgan fingerprint density at radius 1 is 1.17 bits per heavy atom. The van der Waals surface area contributed by atoms with Crippen molar-refractivity contribution in [3.63, 3.8) is 0 Å². The Morgan fingerprint density at radius 2 is 1.93 bits per heavy atom. The van der Waals surface area contributed by atoms with Crippen molar-refractivity contribution in [3.8, 4) is 0 Å². The van der Waals surface area contributed by atoms with Crippen LogP contribution in [0.15, 0.2) is 36.7 Å². The first kappa shape index (κ1) is 18.4. The zero-order chi connectivity index (χ0) is 20.2. The largest absolute Gasteiger partial charge is 0.334 e. The molecule has 4 heterocycles. The molecule has 7 heteroatoms. The first-order valence-electron chi connectivity index (χ1n) is 10.4. The van der Waals surface area contributed by atoms with Crippen LogP contribution in [0, 0.1) is 5.92 Å². The van der Waals surface area contributed by atoms with Gasteiger partial charge in [0.05, 0.1) is 12.2 Å². The van der Waals surface area contributed by atoms with E-state index in [0.29, 0.717) is 13.0 Å². The highest BCUT2D eigenvalue weighted by Crippen LogP contribution is 2.55. The van der Waals surface area contributed by atoms with E-state index in [1.54, 1.807) is 10.9 Å². The Balaban J connectivity index is 1.57. The van der Waals surface area contributed by atoms with Gasteiger partial charge in [-0.05, 0) is 51.0 Å². The summed E-state index contributed by atoms with van der Waals surface area (Å²) < 4.78 is 1.75. The molecule has 2 fully saturated rings. The van der Waals surface area contributed by atoms with E-state index in [4.69, 9.17) is 0 Å². The van der Waals surface area contributed by atoms with Gasteiger partial charge in [-0.1, -0.05) is 18.2 Å². The minimum atomic E-state index is -0.749. The molecule has 1 N–H and O–H groups in total. The number of nitrogens with zero attached hydrogens (tertiary/aromatic N) is 4. The van der Waals surface area contributed by atoms with Gasteiger partial charge in [-0.25, -0.2) is 0 Å². The molecule has 2 atom stereocenters. The lowest BCUT2D eigenvalue weighted by Gasteiger charge is -2.36. The van der Waals surface area contributed by atoms with Crippen molar-refractivity contribution >= 4 is 17.5 Å². The highest BCUT2D eigenvalue weighted by Gasteiger charge is 2.60. The molecule has 1 spiro atoms. The molecule has 2 saturated heterocycles. The van der Waals surface area contributed by atoms with Crippen molar-refractivity contribution in [1.29, 1.82) is 0 Å². The Hall–Kier alpha value is -2.67. The molecule has 2 unspecified atom stereocenters. The zero-order valence-corrected chi connectivity index (χ0v) is 17.0. The summed E-state index contributed by atoms with van der Waals surface area (Å²) in [6.45, 7) is 2.47. The van der Waals surface area contributed by atoms with Gasteiger partial charge in [0.25, 0.3) is 0 Å². The first-order chi connectivity index (χ1) is 14.0. The summed E-state index contributed by atoms with van der Waals surface area (Å²) in [6.07, 6.45) is 6.14. The summed E-state index contributed by atoms with van der Waals surface area (Å²) in [5.41, 5.74) is 2.04. The molecule has 0 saturated carbocycles. The van der Waals surface area contributed by atoms with Gasteiger partial charge in [-0.15, -0.1) is 0 Å². The van der Waals surface area contributed by atoms with Crippen molar-refractivity contribution < 1.29 is 9.59 Å². The summed E-state index contributed by atoms with van der Waals surface area (Å²) in [5.74, 6) is 0.201. The van der Waals surface area contributed by atoms with Gasteiger partial charge in [0, 0.05) is 37.0 Å². The van der Waals surface area contributed by atoms with Crippen LogP contribution in [0.2, 0.25) is 0 Å². The number of carbonyl (C=O) groups excluding carboxylic acids is 2. The Labute approximate surface area is 170 Å². The van der Waals surface area contributed by atoms with E-state index in [0.717, 1.165) is 42.7 Å². The third-order valence-corrected chi connectivity index (χ3v) is 6.98. The molecule has 2 amide bonds. The fraction of sp³-hybridized carbons (Fsp3) is 0.500. The van der Waals surface area contributed by atoms with Crippen LogP contribution < -0.4 is 5.32 Å². The van der Waals surface area contributed by atoms with Gasteiger partial charge < -0.3 is 15.1 Å². The molecule has 0 aliphatic carbocycles. The Bertz CT molecular complexity index is 962. The summed E-state index contributed by atoms with van der Waals surface area (Å²) in [6, 6.07) is 7.56. The number of nitrogens with one attached hydrogen (secondary N) is 1. The monoisotopic (exact) mass is 393 g/mol. The maximum Gasteiger partial charge on any atom is 0.237 e. The third kappa shape index (κ3) is 2.71. The van der Waals surface area contributed by atoms with Gasteiger partial charge in [-0.3, -0.25) is 14.3 Å². The SMILES string of the molecule is CN1CCC(C(=O)N2CCC3(C(=O)Nc4ccccc43)C2c2cnn(C)c2)CC1. The van der Waals surface area contributed by atoms with Crippen molar-refractivity contribution in [2.24, 2.45) is 13.0 Å². The molecule has 152 valence electrons. The summed E-state index contributed by atoms with van der Waals surface area (Å²) in [7, 11) is 3.97. The van der Waals surface area contributed by atoms with Crippen LogP contribution in [-0.2, 0) is 22.1 Å². The average molecular weight is 393 g/mol. The highest BCUT2D eigenvalue weighted by molar-refractivity contribution is 6.07. The maximum atomic E-state index is 13.6. The van der Waals surface area contributed by atoms with Gasteiger partial charge in [-0.2, -0.15) is 5.10 Å². The molecular weight excluding hydrogens is 366 g/mol. The van der Waals surface area contributed by atoms with Crippen molar-refractivity contribution in [2.75, 3.05) is 32.0 Å². The molecule has 5 rings (SSSR count). The first-order valence-corrected chi connectivity index (χ1v) is 10.4. The van der Waals surface area contributed by atoms with Crippen LogP contribution in [-0.4, -0.2) is 58.1 Å². The smallest absolute Gasteiger partial charge is 0.237 e. The lowest BCUT2D eigenvalue weighted by molar-refractivity contribution is -0.139. The number of fused-ring (bicyclic) bond motifs is 2. The maximum absolute atomic E-state index is 13.6. The van der Waals surface area contributed by atoms with E-state index in [1.807, 2.05) is 42.4 Å². The van der Waals surface area contributed by atoms with Gasteiger partial charge in [0.2, 0.25) is 11.8 Å². The normalized spacial score (nSPS) is 27.4. The van der Waals surface area contributed by atoms with E-state index < -0.39 is 5.41 Å². The molecule has 1 aromatic carbocycles. The standard InChI is InChI=1S/C22H27N5O2/c1-25-10-7-15(8-11-25)20(28)27-12-9-22(19(27)16-13-23-26(2)14-16)17-5-3-4-6-18(17)24-21(22)29/h3-6,13-15,19H,7-12H2,1-2H3,(H,24,29). The van der Waals surface area contributed by atoms with Crippen LogP contribution in [0.1, 0.15) is 36.4 Å². The quantitative estimate of drug-likeness (QED) is 0.846. The number of hydrogen-bond donors (Lipinski definition) is 1. The number of amides is 2. The number of carbonyl (C=O) groups is 2. The molecule has 3 aliphatic heterocycles. The molecule has 7 nitrogen and oxygen atoms in total. The Morgan fingerprint density at radius 3 is 2.66 bits per heavy atom. The minimum absolute atomic E-state index is 0.00812. The molecule has 0 radical (unpaired) electrons. The predicted molar refractivity (Wildman–Crippen MR) is 109 cm³/mol. The average Bonchev–Trinajstić information content (AvgIpc) is 3.39. The van der Waals surface area contributed by atoms with E-state index in [-0.39, 0.29) is 23.8 Å². The molecular formula is C22H27N5O2. The fourth-order valence-electron chi connectivity index (χ4n) is 5.46. The number of likely N-dealkylation sites (tertiary alicyclic amines) is 2. The number of hydrogen-bond acceptors (Lipinski definition) is 4. The number of benzene rings is 1. The number of piperidine rings is 1. The van der Waals surface area contributed by atoms with Crippen LogP contribution in [0.5, 0.6) is 0 Å². The second kappa shape index (κ2) is 6.69. The number of aryl methyl sites for hydroxylation is 1. The van der Waals surface area contributed by atoms with E-state index in [1.165, 1.54) is 0 Å². The lowest BCUT2D eigenvalue weighted by atomic mass is 9.73. The topological polar surface area (TPSA) is 70.5 Å². The molecule has 3 aliphatic rings. The number of para-hydroxylation sites is 1. The summed E-state index contributed by atoms with van der Waals surface area (Å²) >= 11 is 0. The minimum Gasteiger partial charge on any atom is -0.334 e. The van der Waals surface area contributed by atoms with Gasteiger partial charge in [0.1, 0.15) is 5.41 Å². The van der Waals surface area contributed by atoms with Crippen LogP contribution in [0.3, 0.4) is 0 Å². The number of aromatic nitrogens is 2. The van der Waals surface area contributed by atoms with Gasteiger partial charge in [0.15, 0.2) is 0 Å². The number of rotatable bonds is 2. The fourth-order valence-corrected chi connectivity index (χ4v) is 5.46. The molecule has 29 heavy (non-hydrogen) atoms. The lowest BCUT2D eigenvalue weighted by Crippen LogP contribution is -2.45. The molecule has 0 bridgehead atoms. The van der Waals surface area contributed by atoms with Crippen LogP contribution in [0.4, 0.5) is 5.69 Å². The predicted octanol–water partition coefficient (Wildman–Crippen LogP) is 1.93.